The molecule has 66 valence electrons. The first-order valence-corrected chi connectivity index (χ1v) is 4.69. The van der Waals surface area contributed by atoms with E-state index in [1.54, 1.807) is 0 Å². The van der Waals surface area contributed by atoms with Gasteiger partial charge in [0.1, 0.15) is 0 Å². The summed E-state index contributed by atoms with van der Waals surface area (Å²) in [6.45, 7) is 3.87. The Morgan fingerprint density at radius 3 is 1.67 bits per heavy atom. The normalized spacial score (nSPS) is 11.8. The van der Waals surface area contributed by atoms with Crippen molar-refractivity contribution in [3.8, 4) is 0 Å². The van der Waals surface area contributed by atoms with E-state index in [2.05, 4.69) is 0 Å². The summed E-state index contributed by atoms with van der Waals surface area (Å²) < 4.78 is -1.31. The third-order valence-corrected chi connectivity index (χ3v) is 2.33. The number of halogens is 3. The van der Waals surface area contributed by atoms with Gasteiger partial charge in [0.05, 0.1) is 0 Å². The molecular formula is C9H9Cl3. The molecule has 0 aliphatic heterocycles. The monoisotopic (exact) mass is 222 g/mol. The second-order valence-electron chi connectivity index (χ2n) is 2.76. The fourth-order valence-corrected chi connectivity index (χ4v) is 2.16. The van der Waals surface area contributed by atoms with Crippen LogP contribution in [0.25, 0.3) is 0 Å². The van der Waals surface area contributed by atoms with Crippen molar-refractivity contribution in [3.63, 3.8) is 0 Å². The van der Waals surface area contributed by atoms with E-state index in [0.717, 1.165) is 16.7 Å². The highest BCUT2D eigenvalue weighted by Gasteiger charge is 2.26. The molecule has 12 heavy (non-hydrogen) atoms. The molecule has 3 heteroatoms. The number of aryl methyl sites for hydroxylation is 2. The molecule has 0 unspecified atom stereocenters. The Kier molecular flexibility index (Phi) is 2.92. The smallest absolute Gasteiger partial charge is 0.0784 e. The first-order chi connectivity index (χ1) is 5.43. The molecule has 0 heterocycles. The third kappa shape index (κ3) is 2.07. The average Bonchev–Trinajstić information content (AvgIpc) is 1.82. The molecule has 0 amide bonds. The largest absolute Gasteiger partial charge is 0.216 e. The van der Waals surface area contributed by atoms with E-state index in [4.69, 9.17) is 34.8 Å². The Labute approximate surface area is 87.4 Å². The molecule has 1 aromatic carbocycles. The zero-order valence-corrected chi connectivity index (χ0v) is 9.13. The number of alkyl halides is 3. The van der Waals surface area contributed by atoms with Crippen LogP contribution in [0.1, 0.15) is 16.7 Å². The van der Waals surface area contributed by atoms with Crippen LogP contribution in [0.4, 0.5) is 0 Å². The molecule has 0 saturated carbocycles. The van der Waals surface area contributed by atoms with Crippen molar-refractivity contribution >= 4 is 34.8 Å². The number of benzene rings is 1. The van der Waals surface area contributed by atoms with Crippen LogP contribution in [-0.2, 0) is 3.79 Å². The van der Waals surface area contributed by atoms with Gasteiger partial charge in [-0.15, -0.1) is 0 Å². The van der Waals surface area contributed by atoms with E-state index in [9.17, 15) is 0 Å². The first kappa shape index (κ1) is 10.2. The second-order valence-corrected chi connectivity index (χ2v) is 5.05. The van der Waals surface area contributed by atoms with Crippen molar-refractivity contribution in [1.82, 2.24) is 0 Å². The summed E-state index contributed by atoms with van der Waals surface area (Å²) in [5.41, 5.74) is 2.81. The lowest BCUT2D eigenvalue weighted by Gasteiger charge is -2.16. The van der Waals surface area contributed by atoms with Gasteiger partial charge in [-0.1, -0.05) is 53.0 Å². The molecule has 0 aromatic heterocycles. The predicted octanol–water partition coefficient (Wildman–Crippen LogP) is 4.13. The van der Waals surface area contributed by atoms with Gasteiger partial charge in [0.15, 0.2) is 0 Å². The molecule has 0 N–H and O–H groups in total. The van der Waals surface area contributed by atoms with Gasteiger partial charge in [0, 0.05) is 5.56 Å². The number of hydrogen-bond acceptors (Lipinski definition) is 0. The van der Waals surface area contributed by atoms with Crippen molar-refractivity contribution in [1.29, 1.82) is 0 Å². The van der Waals surface area contributed by atoms with Gasteiger partial charge in [-0.05, 0) is 25.0 Å². The van der Waals surface area contributed by atoms with E-state index >= 15 is 0 Å². The zero-order valence-electron chi connectivity index (χ0n) is 6.87. The van der Waals surface area contributed by atoms with E-state index in [-0.39, 0.29) is 0 Å². The van der Waals surface area contributed by atoms with Crippen LogP contribution in [0.2, 0.25) is 0 Å². The lowest BCUT2D eigenvalue weighted by molar-refractivity contribution is 1.14. The lowest BCUT2D eigenvalue weighted by atomic mass is 10.0. The van der Waals surface area contributed by atoms with E-state index in [1.807, 2.05) is 32.0 Å². The highest BCUT2D eigenvalue weighted by molar-refractivity contribution is 6.66. The maximum absolute atomic E-state index is 5.80. The molecule has 0 radical (unpaired) electrons. The Morgan fingerprint density at radius 1 is 1.00 bits per heavy atom. The highest BCUT2D eigenvalue weighted by Crippen LogP contribution is 2.41. The van der Waals surface area contributed by atoms with Crippen LogP contribution in [0.5, 0.6) is 0 Å². The number of hydrogen-bond donors (Lipinski definition) is 0. The van der Waals surface area contributed by atoms with Gasteiger partial charge >= 0.3 is 0 Å². The second kappa shape index (κ2) is 3.45. The van der Waals surface area contributed by atoms with Crippen molar-refractivity contribution in [2.75, 3.05) is 0 Å². The number of rotatable bonds is 0. The van der Waals surface area contributed by atoms with Gasteiger partial charge in [0.25, 0.3) is 0 Å². The van der Waals surface area contributed by atoms with E-state index in [1.165, 1.54) is 0 Å². The van der Waals surface area contributed by atoms with E-state index in [0.29, 0.717) is 0 Å². The van der Waals surface area contributed by atoms with Gasteiger partial charge < -0.3 is 0 Å². The highest BCUT2D eigenvalue weighted by atomic mass is 35.6. The maximum Gasteiger partial charge on any atom is 0.216 e. The van der Waals surface area contributed by atoms with Crippen LogP contribution >= 0.6 is 34.8 Å². The van der Waals surface area contributed by atoms with Crippen molar-refractivity contribution in [2.24, 2.45) is 0 Å². The average molecular weight is 224 g/mol. The zero-order chi connectivity index (χ0) is 9.35. The summed E-state index contributed by atoms with van der Waals surface area (Å²) in [5.74, 6) is 0. The SMILES string of the molecule is Cc1cccc(C)c1C(Cl)(Cl)Cl. The van der Waals surface area contributed by atoms with Crippen LogP contribution < -0.4 is 0 Å². The fraction of sp³-hybridized carbons (Fsp3) is 0.333. The topological polar surface area (TPSA) is 0 Å². The Morgan fingerprint density at radius 2 is 1.42 bits per heavy atom. The minimum Gasteiger partial charge on any atom is -0.0784 e. The molecule has 0 saturated heterocycles. The standard InChI is InChI=1S/C9H9Cl3/c1-6-4-3-5-7(2)8(6)9(10,11)12/h3-5H,1-2H3. The Bertz CT molecular complexity index is 266. The Hall–Kier alpha value is 0.0900. The van der Waals surface area contributed by atoms with E-state index < -0.39 is 3.79 Å². The minimum absolute atomic E-state index is 0.787. The third-order valence-electron chi connectivity index (χ3n) is 1.76. The molecule has 0 spiro atoms. The van der Waals surface area contributed by atoms with Crippen LogP contribution in [0.15, 0.2) is 18.2 Å². The molecule has 0 aliphatic rings. The lowest BCUT2D eigenvalue weighted by Crippen LogP contribution is -2.05. The maximum atomic E-state index is 5.80. The minimum atomic E-state index is -1.31. The molecular weight excluding hydrogens is 214 g/mol. The summed E-state index contributed by atoms with van der Waals surface area (Å²) in [5, 5.41) is 0. The summed E-state index contributed by atoms with van der Waals surface area (Å²) >= 11 is 17.4. The van der Waals surface area contributed by atoms with Crippen LogP contribution in [0.3, 0.4) is 0 Å². The Balaban J connectivity index is 3.31. The van der Waals surface area contributed by atoms with Crippen molar-refractivity contribution < 1.29 is 0 Å². The van der Waals surface area contributed by atoms with Gasteiger partial charge in [-0.3, -0.25) is 0 Å². The summed E-state index contributed by atoms with van der Waals surface area (Å²) in [7, 11) is 0. The molecule has 0 fully saturated rings. The molecule has 0 bridgehead atoms. The summed E-state index contributed by atoms with van der Waals surface area (Å²) in [4.78, 5) is 0. The van der Waals surface area contributed by atoms with Crippen molar-refractivity contribution in [2.45, 2.75) is 17.6 Å². The van der Waals surface area contributed by atoms with Crippen molar-refractivity contribution in [3.05, 3.63) is 34.9 Å². The molecule has 0 atom stereocenters. The van der Waals surface area contributed by atoms with Crippen LogP contribution in [-0.4, -0.2) is 0 Å². The molecule has 1 rings (SSSR count). The predicted molar refractivity (Wildman–Crippen MR) is 55.2 cm³/mol. The van der Waals surface area contributed by atoms with Crippen LogP contribution in [0, 0.1) is 13.8 Å². The van der Waals surface area contributed by atoms with Gasteiger partial charge in [-0.25, -0.2) is 0 Å². The van der Waals surface area contributed by atoms with Gasteiger partial charge in [-0.2, -0.15) is 0 Å². The summed E-state index contributed by atoms with van der Waals surface area (Å²) in [6.07, 6.45) is 0. The molecule has 1 aromatic rings. The first-order valence-electron chi connectivity index (χ1n) is 3.56. The molecule has 0 nitrogen and oxygen atoms in total. The summed E-state index contributed by atoms with van der Waals surface area (Å²) in [6, 6.07) is 5.82. The van der Waals surface area contributed by atoms with Gasteiger partial charge in [0.2, 0.25) is 3.79 Å². The quantitative estimate of drug-likeness (QED) is 0.580. The molecule has 0 aliphatic carbocycles. The fourth-order valence-electron chi connectivity index (χ4n) is 1.26.